The summed E-state index contributed by atoms with van der Waals surface area (Å²) in [6.07, 6.45) is 1.68. The average Bonchev–Trinajstić information content (AvgIpc) is 3.37. The summed E-state index contributed by atoms with van der Waals surface area (Å²) < 4.78 is 7.63. The van der Waals surface area contributed by atoms with Gasteiger partial charge in [0, 0.05) is 17.0 Å². The number of aryl methyl sites for hydroxylation is 1. The number of nitrogens with one attached hydrogen (secondary N) is 1. The molecule has 1 aliphatic rings. The zero-order valence-corrected chi connectivity index (χ0v) is 17.9. The molecule has 0 saturated carbocycles. The summed E-state index contributed by atoms with van der Waals surface area (Å²) in [5.41, 5.74) is 3.74. The number of hydrogen-bond donors (Lipinski definition) is 2. The second kappa shape index (κ2) is 8.40. The first-order valence-electron chi connectivity index (χ1n) is 10.6. The first-order valence-corrected chi connectivity index (χ1v) is 10.6. The number of anilines is 1. The molecular weight excluding hydrogens is 378 g/mol. The maximum Gasteiger partial charge on any atom is 0.221 e. The van der Waals surface area contributed by atoms with Gasteiger partial charge in [-0.1, -0.05) is 12.1 Å². The van der Waals surface area contributed by atoms with Crippen molar-refractivity contribution in [3.8, 4) is 5.75 Å². The second-order valence-corrected chi connectivity index (χ2v) is 8.17. The molecule has 3 heterocycles. The number of furan rings is 1. The Bertz CT molecular complexity index is 1010. The molecule has 1 atom stereocenters. The van der Waals surface area contributed by atoms with E-state index < -0.39 is 0 Å². The maximum absolute atomic E-state index is 13.3. The van der Waals surface area contributed by atoms with Gasteiger partial charge in [-0.25, -0.2) is 0 Å². The average molecular weight is 409 g/mol. The van der Waals surface area contributed by atoms with Crippen LogP contribution in [0.5, 0.6) is 5.75 Å². The normalized spacial score (nSPS) is 16.0. The molecule has 0 bridgehead atoms. The van der Waals surface area contributed by atoms with Crippen LogP contribution in [0.1, 0.15) is 34.4 Å². The van der Waals surface area contributed by atoms with Gasteiger partial charge in [0.1, 0.15) is 17.6 Å². The van der Waals surface area contributed by atoms with Crippen LogP contribution in [-0.4, -0.2) is 47.7 Å². The Hall–Kier alpha value is -2.99. The minimum absolute atomic E-state index is 0.103. The summed E-state index contributed by atoms with van der Waals surface area (Å²) in [5.74, 6) is 1.39. The number of piperazine rings is 1. The first kappa shape index (κ1) is 20.3. The third-order valence-electron chi connectivity index (χ3n) is 6.37. The van der Waals surface area contributed by atoms with Crippen molar-refractivity contribution in [3.63, 3.8) is 0 Å². The number of carbonyl (C=O) groups is 1. The summed E-state index contributed by atoms with van der Waals surface area (Å²) in [4.78, 5) is 16.8. The highest BCUT2D eigenvalue weighted by molar-refractivity contribution is 6.00. The van der Waals surface area contributed by atoms with Gasteiger partial charge >= 0.3 is 0 Å². The lowest BCUT2D eigenvalue weighted by Gasteiger charge is -2.36. The summed E-state index contributed by atoms with van der Waals surface area (Å²) in [6.45, 7) is 10.1. The van der Waals surface area contributed by atoms with Crippen molar-refractivity contribution in [2.75, 3.05) is 31.1 Å². The number of aromatic hydroxyl groups is 1. The lowest BCUT2D eigenvalue weighted by molar-refractivity contribution is -0.914. The highest BCUT2D eigenvalue weighted by atomic mass is 16.3. The van der Waals surface area contributed by atoms with Gasteiger partial charge in [-0.15, -0.1) is 0 Å². The predicted octanol–water partition coefficient (Wildman–Crippen LogP) is 2.43. The Balaban J connectivity index is 1.44. The van der Waals surface area contributed by atoms with Crippen molar-refractivity contribution in [2.24, 2.45) is 0 Å². The Morgan fingerprint density at radius 2 is 1.90 bits per heavy atom. The fourth-order valence-electron chi connectivity index (χ4n) is 4.47. The molecule has 1 fully saturated rings. The third kappa shape index (κ3) is 3.87. The largest absolute Gasteiger partial charge is 0.506 e. The number of carbonyl (C=O) groups excluding carboxylic acids is 1. The monoisotopic (exact) mass is 408 g/mol. The highest BCUT2D eigenvalue weighted by Crippen LogP contribution is 2.26. The van der Waals surface area contributed by atoms with Gasteiger partial charge in [-0.3, -0.25) is 4.79 Å². The van der Waals surface area contributed by atoms with E-state index in [4.69, 9.17) is 4.42 Å². The molecule has 0 radical (unpaired) electrons. The van der Waals surface area contributed by atoms with Crippen LogP contribution in [0, 0.1) is 13.8 Å². The highest BCUT2D eigenvalue weighted by Gasteiger charge is 2.32. The number of rotatable bonds is 6. The van der Waals surface area contributed by atoms with Crippen molar-refractivity contribution >= 4 is 11.5 Å². The van der Waals surface area contributed by atoms with Gasteiger partial charge in [0.2, 0.25) is 5.78 Å². The van der Waals surface area contributed by atoms with Crippen LogP contribution in [0.2, 0.25) is 0 Å². The molecule has 6 nitrogen and oxygen atoms in total. The van der Waals surface area contributed by atoms with Crippen LogP contribution < -0.4 is 9.80 Å². The first-order chi connectivity index (χ1) is 14.5. The molecular formula is C24H30N3O3+. The SMILES string of the molecule is Cc1cc(C(=O)[C@@H](C)[NH+]2CCN(c3ccccc3O)CC2)c(C)n1Cc1ccco1. The van der Waals surface area contributed by atoms with Crippen LogP contribution in [-0.2, 0) is 6.54 Å². The molecule has 30 heavy (non-hydrogen) atoms. The molecule has 1 aliphatic heterocycles. The molecule has 0 spiro atoms. The lowest BCUT2D eigenvalue weighted by atomic mass is 10.0. The predicted molar refractivity (Wildman–Crippen MR) is 117 cm³/mol. The number of Topliss-reactive ketones (excluding diaryl/α,β-unsaturated/α-hetero) is 1. The van der Waals surface area contributed by atoms with Gasteiger partial charge in [0.05, 0.1) is 44.7 Å². The van der Waals surface area contributed by atoms with E-state index in [1.54, 1.807) is 12.3 Å². The zero-order valence-electron chi connectivity index (χ0n) is 17.9. The number of para-hydroxylation sites is 2. The Morgan fingerprint density at radius 1 is 1.17 bits per heavy atom. The van der Waals surface area contributed by atoms with E-state index in [2.05, 4.69) is 9.47 Å². The Morgan fingerprint density at radius 3 is 2.57 bits per heavy atom. The molecule has 158 valence electrons. The maximum atomic E-state index is 13.3. The van der Waals surface area contributed by atoms with Crippen LogP contribution in [0.4, 0.5) is 5.69 Å². The molecule has 4 rings (SSSR count). The van der Waals surface area contributed by atoms with E-state index in [0.29, 0.717) is 12.3 Å². The van der Waals surface area contributed by atoms with E-state index in [1.807, 2.05) is 57.2 Å². The van der Waals surface area contributed by atoms with Crippen molar-refractivity contribution in [1.29, 1.82) is 0 Å². The van der Waals surface area contributed by atoms with Crippen LogP contribution in [0.25, 0.3) is 0 Å². The van der Waals surface area contributed by atoms with E-state index in [1.165, 1.54) is 4.90 Å². The van der Waals surface area contributed by atoms with Crippen molar-refractivity contribution in [2.45, 2.75) is 33.4 Å². The van der Waals surface area contributed by atoms with Gasteiger partial charge in [0.25, 0.3) is 0 Å². The zero-order chi connectivity index (χ0) is 21.3. The number of benzene rings is 1. The topological polar surface area (TPSA) is 63.1 Å². The molecule has 2 N–H and O–H groups in total. The second-order valence-electron chi connectivity index (χ2n) is 8.17. The summed E-state index contributed by atoms with van der Waals surface area (Å²) in [5, 5.41) is 10.1. The number of hydrogen-bond acceptors (Lipinski definition) is 4. The number of phenols is 1. The fraction of sp³-hybridized carbons (Fsp3) is 0.375. The standard InChI is InChI=1S/C24H29N3O3/c1-17-15-21(18(2)27(17)16-20-7-6-14-30-20)24(29)19(3)25-10-12-26(13-11-25)22-8-4-5-9-23(22)28/h4-9,14-15,19,28H,10-13,16H2,1-3H3/p+1/t19-/m1/s1. The fourth-order valence-corrected chi connectivity index (χ4v) is 4.47. The van der Waals surface area contributed by atoms with Gasteiger partial charge in [0.15, 0.2) is 0 Å². The molecule has 0 aliphatic carbocycles. The molecule has 6 heteroatoms. The van der Waals surface area contributed by atoms with Crippen LogP contribution in [0.15, 0.2) is 53.1 Å². The Kier molecular flexibility index (Phi) is 5.68. The molecule has 0 unspecified atom stereocenters. The summed E-state index contributed by atoms with van der Waals surface area (Å²) in [7, 11) is 0. The third-order valence-corrected chi connectivity index (χ3v) is 6.37. The molecule has 2 aromatic heterocycles. The van der Waals surface area contributed by atoms with E-state index in [9.17, 15) is 9.90 Å². The number of ketones is 1. The summed E-state index contributed by atoms with van der Waals surface area (Å²) in [6, 6.07) is 13.2. The van der Waals surface area contributed by atoms with Crippen molar-refractivity contribution < 1.29 is 19.2 Å². The number of aromatic nitrogens is 1. The van der Waals surface area contributed by atoms with Crippen LogP contribution >= 0.6 is 0 Å². The van der Waals surface area contributed by atoms with E-state index in [-0.39, 0.29) is 11.8 Å². The minimum Gasteiger partial charge on any atom is -0.506 e. The molecule has 3 aromatic rings. The van der Waals surface area contributed by atoms with Gasteiger partial charge < -0.3 is 23.9 Å². The van der Waals surface area contributed by atoms with E-state index >= 15 is 0 Å². The number of nitrogens with zero attached hydrogens (tertiary/aromatic N) is 2. The van der Waals surface area contributed by atoms with Crippen molar-refractivity contribution in [3.05, 3.63) is 71.4 Å². The Labute approximate surface area is 177 Å². The lowest BCUT2D eigenvalue weighted by Crippen LogP contribution is -3.18. The minimum atomic E-state index is -0.103. The molecule has 0 amide bonds. The quantitative estimate of drug-likeness (QED) is 0.615. The number of quaternary nitrogens is 1. The summed E-state index contributed by atoms with van der Waals surface area (Å²) >= 11 is 0. The van der Waals surface area contributed by atoms with Gasteiger partial charge in [-0.2, -0.15) is 0 Å². The molecule has 1 saturated heterocycles. The van der Waals surface area contributed by atoms with E-state index in [0.717, 1.165) is 54.6 Å². The molecule has 1 aromatic carbocycles. The number of phenolic OH excluding ortho intramolecular Hbond substituents is 1. The van der Waals surface area contributed by atoms with Crippen molar-refractivity contribution in [1.82, 2.24) is 4.57 Å². The van der Waals surface area contributed by atoms with Gasteiger partial charge in [-0.05, 0) is 51.1 Å². The van der Waals surface area contributed by atoms with Crippen LogP contribution in [0.3, 0.4) is 0 Å². The smallest absolute Gasteiger partial charge is 0.221 e.